The number of aryl methyl sites for hydroxylation is 1. The van der Waals surface area contributed by atoms with Crippen LogP contribution in [-0.2, 0) is 19.4 Å². The lowest BCUT2D eigenvalue weighted by Crippen LogP contribution is -2.37. The van der Waals surface area contributed by atoms with Crippen LogP contribution in [-0.4, -0.2) is 47.3 Å². The van der Waals surface area contributed by atoms with Crippen molar-refractivity contribution in [1.29, 1.82) is 0 Å². The Bertz CT molecular complexity index is 495. The quantitative estimate of drug-likeness (QED) is 0.870. The maximum Gasteiger partial charge on any atom is 0.271 e. The normalized spacial score (nSPS) is 17.9. The molecule has 5 nitrogen and oxygen atoms in total. The highest BCUT2D eigenvalue weighted by molar-refractivity contribution is 5.93. The number of carbonyl (C=O) groups excluding carboxylic acids is 1. The van der Waals surface area contributed by atoms with E-state index in [4.69, 9.17) is 0 Å². The van der Waals surface area contributed by atoms with Crippen molar-refractivity contribution in [2.24, 2.45) is 0 Å². The number of nitrogens with zero attached hydrogens (tertiary/aromatic N) is 3. The van der Waals surface area contributed by atoms with Gasteiger partial charge < -0.3 is 10.2 Å². The van der Waals surface area contributed by atoms with Crippen molar-refractivity contribution in [2.45, 2.75) is 58.5 Å². The summed E-state index contributed by atoms with van der Waals surface area (Å²) in [6, 6.07) is 0.530. The minimum atomic E-state index is -0.0599. The molecular weight excluding hydrogens is 264 g/mol. The first kappa shape index (κ1) is 16.0. The summed E-state index contributed by atoms with van der Waals surface area (Å²) in [7, 11) is 3.88. The highest BCUT2D eigenvalue weighted by Crippen LogP contribution is 2.27. The van der Waals surface area contributed by atoms with E-state index in [2.05, 4.69) is 36.2 Å². The molecule has 1 heterocycles. The largest absolute Gasteiger partial charge is 0.354 e. The molecule has 0 fully saturated rings. The summed E-state index contributed by atoms with van der Waals surface area (Å²) in [4.78, 5) is 14.5. The zero-order chi connectivity index (χ0) is 15.4. The fourth-order valence-electron chi connectivity index (χ4n) is 3.20. The highest BCUT2D eigenvalue weighted by atomic mass is 16.1. The predicted octanol–water partition coefficient (Wildman–Crippen LogP) is 1.85. The van der Waals surface area contributed by atoms with Crippen LogP contribution in [0.25, 0.3) is 0 Å². The van der Waals surface area contributed by atoms with Crippen LogP contribution in [0.3, 0.4) is 0 Å². The van der Waals surface area contributed by atoms with Gasteiger partial charge in [-0.05, 0) is 46.2 Å². The van der Waals surface area contributed by atoms with Gasteiger partial charge in [-0.3, -0.25) is 9.48 Å². The summed E-state index contributed by atoms with van der Waals surface area (Å²) in [6.07, 6.45) is 5.58. The average Bonchev–Trinajstić information content (AvgIpc) is 2.89. The van der Waals surface area contributed by atoms with E-state index < -0.39 is 0 Å². The second kappa shape index (κ2) is 7.07. The van der Waals surface area contributed by atoms with Crippen LogP contribution in [0.4, 0.5) is 0 Å². The van der Waals surface area contributed by atoms with Gasteiger partial charge in [-0.25, -0.2) is 0 Å². The van der Waals surface area contributed by atoms with Gasteiger partial charge in [0.25, 0.3) is 5.91 Å². The zero-order valence-electron chi connectivity index (χ0n) is 13.8. The fourth-order valence-corrected chi connectivity index (χ4v) is 3.20. The van der Waals surface area contributed by atoms with Crippen LogP contribution in [0.15, 0.2) is 0 Å². The molecule has 1 aliphatic carbocycles. The van der Waals surface area contributed by atoms with Gasteiger partial charge in [-0.15, -0.1) is 0 Å². The van der Waals surface area contributed by atoms with Crippen molar-refractivity contribution in [3.05, 3.63) is 17.0 Å². The Labute approximate surface area is 127 Å². The highest BCUT2D eigenvalue weighted by Gasteiger charge is 2.29. The molecule has 1 aromatic rings. The van der Waals surface area contributed by atoms with Crippen molar-refractivity contribution in [3.63, 3.8) is 0 Å². The van der Waals surface area contributed by atoms with Gasteiger partial charge in [0.2, 0.25) is 0 Å². The smallest absolute Gasteiger partial charge is 0.271 e. The summed E-state index contributed by atoms with van der Waals surface area (Å²) >= 11 is 0. The first-order valence-corrected chi connectivity index (χ1v) is 8.13. The number of nitrogens with one attached hydrogen (secondary N) is 1. The molecule has 1 aliphatic rings. The third-order valence-electron chi connectivity index (χ3n) is 4.55. The maximum absolute atomic E-state index is 12.1. The molecule has 0 aliphatic heterocycles. The first-order chi connectivity index (χ1) is 10.1. The molecule has 118 valence electrons. The summed E-state index contributed by atoms with van der Waals surface area (Å²) in [5.41, 5.74) is 3.05. The zero-order valence-corrected chi connectivity index (χ0v) is 13.8. The molecule has 0 spiro atoms. The van der Waals surface area contributed by atoms with E-state index in [1.165, 1.54) is 18.5 Å². The van der Waals surface area contributed by atoms with Gasteiger partial charge in [0.05, 0.1) is 0 Å². The van der Waals surface area contributed by atoms with E-state index >= 15 is 0 Å². The molecular formula is C16H28N4O. The van der Waals surface area contributed by atoms with E-state index in [1.54, 1.807) is 7.05 Å². The van der Waals surface area contributed by atoms with Crippen molar-refractivity contribution in [3.8, 4) is 0 Å². The van der Waals surface area contributed by atoms with Crippen molar-refractivity contribution < 1.29 is 4.79 Å². The summed E-state index contributed by atoms with van der Waals surface area (Å²) < 4.78 is 2.00. The topological polar surface area (TPSA) is 50.2 Å². The van der Waals surface area contributed by atoms with E-state index in [0.717, 1.165) is 37.9 Å². The van der Waals surface area contributed by atoms with Crippen LogP contribution in [0.5, 0.6) is 0 Å². The lowest BCUT2D eigenvalue weighted by Gasteiger charge is -2.31. The van der Waals surface area contributed by atoms with Gasteiger partial charge >= 0.3 is 0 Å². The number of hydrogen-bond acceptors (Lipinski definition) is 3. The molecule has 21 heavy (non-hydrogen) atoms. The molecule has 0 aromatic carbocycles. The molecule has 2 rings (SSSR count). The monoisotopic (exact) mass is 292 g/mol. The Morgan fingerprint density at radius 3 is 2.86 bits per heavy atom. The minimum Gasteiger partial charge on any atom is -0.354 e. The van der Waals surface area contributed by atoms with Gasteiger partial charge in [-0.1, -0.05) is 13.3 Å². The molecule has 0 bridgehead atoms. The van der Waals surface area contributed by atoms with Crippen molar-refractivity contribution in [2.75, 3.05) is 20.6 Å². The standard InChI is InChI=1S/C16H28N4O/c1-5-7-10-19(4)12-8-9-14-13(11-12)15(16(21)17-3)18-20(14)6-2/h12H,5-11H2,1-4H3,(H,17,21). The van der Waals surface area contributed by atoms with Crippen molar-refractivity contribution >= 4 is 5.91 Å². The molecule has 0 radical (unpaired) electrons. The SMILES string of the molecule is CCCCN(C)C1CCc2c(c(C(=O)NC)nn2CC)C1. The lowest BCUT2D eigenvalue weighted by molar-refractivity contribution is 0.0955. The minimum absolute atomic E-state index is 0.0599. The maximum atomic E-state index is 12.1. The number of amides is 1. The van der Waals surface area contributed by atoms with Gasteiger partial charge in [0.15, 0.2) is 5.69 Å². The van der Waals surface area contributed by atoms with Gasteiger partial charge in [0.1, 0.15) is 0 Å². The Morgan fingerprint density at radius 2 is 2.24 bits per heavy atom. The molecule has 1 aromatic heterocycles. The van der Waals surface area contributed by atoms with Crippen LogP contribution < -0.4 is 5.32 Å². The second-order valence-corrected chi connectivity index (χ2v) is 5.90. The Balaban J connectivity index is 2.22. The summed E-state index contributed by atoms with van der Waals surface area (Å²) in [6.45, 7) is 6.27. The van der Waals surface area contributed by atoms with Crippen LogP contribution in [0.1, 0.15) is 54.9 Å². The van der Waals surface area contributed by atoms with Gasteiger partial charge in [-0.2, -0.15) is 5.10 Å². The number of carbonyl (C=O) groups is 1. The lowest BCUT2D eigenvalue weighted by atomic mass is 9.90. The predicted molar refractivity (Wildman–Crippen MR) is 84.6 cm³/mol. The third-order valence-corrected chi connectivity index (χ3v) is 4.55. The van der Waals surface area contributed by atoms with Crippen LogP contribution in [0.2, 0.25) is 0 Å². The second-order valence-electron chi connectivity index (χ2n) is 5.90. The van der Waals surface area contributed by atoms with Crippen LogP contribution in [0, 0.1) is 0 Å². The molecule has 1 unspecified atom stereocenters. The summed E-state index contributed by atoms with van der Waals surface area (Å²) in [5, 5.41) is 7.24. The molecule has 0 saturated heterocycles. The number of likely N-dealkylation sites (N-methyl/N-ethyl adjacent to an activating group) is 1. The summed E-state index contributed by atoms with van der Waals surface area (Å²) in [5.74, 6) is -0.0599. The number of unbranched alkanes of at least 4 members (excludes halogenated alkanes) is 1. The number of aromatic nitrogens is 2. The first-order valence-electron chi connectivity index (χ1n) is 8.13. The van der Waals surface area contributed by atoms with E-state index in [-0.39, 0.29) is 5.91 Å². The van der Waals surface area contributed by atoms with E-state index in [1.807, 2.05) is 4.68 Å². The molecule has 1 amide bonds. The average molecular weight is 292 g/mol. The fraction of sp³-hybridized carbons (Fsp3) is 0.750. The van der Waals surface area contributed by atoms with E-state index in [9.17, 15) is 4.79 Å². The number of fused-ring (bicyclic) bond motifs is 1. The van der Waals surface area contributed by atoms with E-state index in [0.29, 0.717) is 11.7 Å². The molecule has 1 N–H and O–H groups in total. The molecule has 1 atom stereocenters. The van der Waals surface area contributed by atoms with Crippen molar-refractivity contribution in [1.82, 2.24) is 20.0 Å². The Morgan fingerprint density at radius 1 is 1.48 bits per heavy atom. The Hall–Kier alpha value is -1.36. The number of rotatable bonds is 6. The third kappa shape index (κ3) is 3.28. The van der Waals surface area contributed by atoms with Crippen LogP contribution >= 0.6 is 0 Å². The molecule has 0 saturated carbocycles. The Kier molecular flexibility index (Phi) is 5.39. The van der Waals surface area contributed by atoms with Gasteiger partial charge in [0, 0.05) is 30.9 Å². The number of hydrogen-bond donors (Lipinski definition) is 1. The molecule has 5 heteroatoms.